The molecule has 0 fully saturated rings. The first-order valence-electron chi connectivity index (χ1n) is 10.1. The average molecular weight is 425 g/mol. The molecule has 0 bridgehead atoms. The summed E-state index contributed by atoms with van der Waals surface area (Å²) in [6.07, 6.45) is 4.39. The summed E-state index contributed by atoms with van der Waals surface area (Å²) in [4.78, 5) is 35.1. The summed E-state index contributed by atoms with van der Waals surface area (Å²) in [5.41, 5.74) is 1.80. The van der Waals surface area contributed by atoms with Crippen LogP contribution < -0.4 is 14.9 Å². The molecule has 162 valence electrons. The van der Waals surface area contributed by atoms with E-state index < -0.39 is 5.97 Å². The highest BCUT2D eigenvalue weighted by atomic mass is 16.5. The molecule has 0 aliphatic carbocycles. The van der Waals surface area contributed by atoms with Crippen molar-refractivity contribution in [3.63, 3.8) is 0 Å². The first-order valence-corrected chi connectivity index (χ1v) is 10.1. The Bertz CT molecular complexity index is 1200. The Kier molecular flexibility index (Phi) is 6.69. The van der Waals surface area contributed by atoms with Crippen LogP contribution in [0.1, 0.15) is 48.2 Å². The summed E-state index contributed by atoms with van der Waals surface area (Å²) in [6, 6.07) is 8.11. The molecule has 1 aromatic carbocycles. The highest BCUT2D eigenvalue weighted by Crippen LogP contribution is 2.33. The number of rotatable bonds is 9. The zero-order chi connectivity index (χ0) is 22.5. The molecular formula is C23H25N2O6+. The Morgan fingerprint density at radius 2 is 1.97 bits per heavy atom. The van der Waals surface area contributed by atoms with Crippen LogP contribution in [0.3, 0.4) is 0 Å². The van der Waals surface area contributed by atoms with Crippen LogP contribution in [-0.4, -0.2) is 26.4 Å². The van der Waals surface area contributed by atoms with Crippen molar-refractivity contribution in [1.29, 1.82) is 0 Å². The molecule has 0 amide bonds. The van der Waals surface area contributed by atoms with Gasteiger partial charge < -0.3 is 14.9 Å². The molecule has 0 saturated carbocycles. The van der Waals surface area contributed by atoms with Gasteiger partial charge in [0.15, 0.2) is 5.78 Å². The van der Waals surface area contributed by atoms with Crippen LogP contribution in [0.4, 0.5) is 0 Å². The van der Waals surface area contributed by atoms with Crippen molar-refractivity contribution in [3.05, 3.63) is 69.8 Å². The van der Waals surface area contributed by atoms with Gasteiger partial charge in [-0.2, -0.15) is 4.40 Å². The van der Waals surface area contributed by atoms with E-state index in [0.29, 0.717) is 28.9 Å². The number of hydrogen-bond donors (Lipinski definition) is 2. The van der Waals surface area contributed by atoms with Gasteiger partial charge in [0, 0.05) is 5.56 Å². The lowest BCUT2D eigenvalue weighted by Crippen LogP contribution is -2.41. The second kappa shape index (κ2) is 9.42. The fourth-order valence-corrected chi connectivity index (χ4v) is 3.54. The van der Waals surface area contributed by atoms with Gasteiger partial charge in [0.25, 0.3) is 5.65 Å². The van der Waals surface area contributed by atoms with E-state index in [-0.39, 0.29) is 42.2 Å². The normalized spacial score (nSPS) is 10.9. The number of aromatic nitrogens is 2. The first-order chi connectivity index (χ1) is 14.8. The van der Waals surface area contributed by atoms with Gasteiger partial charge in [-0.25, -0.2) is 9.36 Å². The fraction of sp³-hybridized carbons (Fsp3) is 0.304. The summed E-state index contributed by atoms with van der Waals surface area (Å²) < 4.78 is 9.16. The topological polar surface area (TPSA) is 109 Å². The van der Waals surface area contributed by atoms with Crippen LogP contribution in [0, 0.1) is 0 Å². The van der Waals surface area contributed by atoms with Crippen molar-refractivity contribution in [2.45, 2.75) is 46.3 Å². The number of carboxylic acid groups (broad SMARTS) is 1. The number of nitrogens with zero attached hydrogens (tertiary/aromatic N) is 2. The smallest absolute Gasteiger partial charge is 0.342 e. The third kappa shape index (κ3) is 4.74. The van der Waals surface area contributed by atoms with Crippen LogP contribution in [0.2, 0.25) is 0 Å². The molecule has 0 aliphatic heterocycles. The number of carboxylic acids is 1. The number of aryl methyl sites for hydroxylation is 1. The molecule has 2 N–H and O–H groups in total. The summed E-state index contributed by atoms with van der Waals surface area (Å²) in [5, 5.41) is 19.6. The number of carbonyl (C=O) groups is 2. The van der Waals surface area contributed by atoms with Crippen LogP contribution in [-0.2, 0) is 24.4 Å². The van der Waals surface area contributed by atoms with Gasteiger partial charge in [-0.05, 0) is 37.6 Å². The first kappa shape index (κ1) is 22.0. The maximum absolute atomic E-state index is 12.3. The Hall–Kier alpha value is -3.68. The van der Waals surface area contributed by atoms with Gasteiger partial charge >= 0.3 is 11.5 Å². The quantitative estimate of drug-likeness (QED) is 0.403. The Balaban J connectivity index is 2.00. The molecule has 31 heavy (non-hydrogen) atoms. The number of aromatic hydroxyl groups is 1. The van der Waals surface area contributed by atoms with Crippen molar-refractivity contribution < 1.29 is 29.1 Å². The molecule has 8 heteroatoms. The maximum atomic E-state index is 12.3. The second-order valence-corrected chi connectivity index (χ2v) is 7.25. The van der Waals surface area contributed by atoms with Crippen LogP contribution in [0.25, 0.3) is 5.65 Å². The average Bonchev–Trinajstić information content (AvgIpc) is 2.73. The molecule has 2 aromatic heterocycles. The number of Topliss-reactive ketones (excluding diaryl/α,β-unsaturated/α-hetero) is 1. The minimum absolute atomic E-state index is 0.0717. The molecule has 3 rings (SSSR count). The molecule has 0 saturated heterocycles. The molecule has 0 spiro atoms. The van der Waals surface area contributed by atoms with E-state index in [1.807, 2.05) is 6.92 Å². The van der Waals surface area contributed by atoms with Crippen LogP contribution in [0.5, 0.6) is 11.5 Å². The monoisotopic (exact) mass is 425 g/mol. The number of fused-ring (bicyclic) bond motifs is 1. The van der Waals surface area contributed by atoms with Crippen molar-refractivity contribution in [1.82, 2.24) is 4.40 Å². The molecule has 0 atom stereocenters. The number of ketones is 1. The van der Waals surface area contributed by atoms with Gasteiger partial charge in [0.05, 0.1) is 36.0 Å². The Labute approximate surface area is 179 Å². The lowest BCUT2D eigenvalue weighted by molar-refractivity contribution is -0.674. The summed E-state index contributed by atoms with van der Waals surface area (Å²) >= 11 is 0. The SMILES string of the molecule is CCCc1c(OCc2cccn3c(=O)cc[n+](CCC(=O)O)c23)ccc(C(C)=O)c1O. The summed E-state index contributed by atoms with van der Waals surface area (Å²) in [6.45, 7) is 3.66. The number of ether oxygens (including phenoxy) is 1. The Morgan fingerprint density at radius 1 is 1.19 bits per heavy atom. The van der Waals surface area contributed by atoms with Crippen molar-refractivity contribution in [2.24, 2.45) is 0 Å². The predicted molar refractivity (Wildman–Crippen MR) is 113 cm³/mol. The van der Waals surface area contributed by atoms with E-state index in [0.717, 1.165) is 6.42 Å². The van der Waals surface area contributed by atoms with E-state index in [4.69, 9.17) is 9.84 Å². The predicted octanol–water partition coefficient (Wildman–Crippen LogP) is 2.50. The third-order valence-corrected chi connectivity index (χ3v) is 5.02. The maximum Gasteiger partial charge on any atom is 0.342 e. The van der Waals surface area contributed by atoms with Gasteiger partial charge in [0.2, 0.25) is 0 Å². The van der Waals surface area contributed by atoms with E-state index in [1.165, 1.54) is 23.5 Å². The van der Waals surface area contributed by atoms with Gasteiger partial charge in [-0.3, -0.25) is 9.59 Å². The summed E-state index contributed by atoms with van der Waals surface area (Å²) in [5.74, 6) is -0.774. The van der Waals surface area contributed by atoms with E-state index in [9.17, 15) is 19.5 Å². The zero-order valence-corrected chi connectivity index (χ0v) is 17.5. The molecule has 2 heterocycles. The van der Waals surface area contributed by atoms with Crippen LogP contribution in [0.15, 0.2) is 47.5 Å². The van der Waals surface area contributed by atoms with E-state index in [2.05, 4.69) is 0 Å². The molecule has 8 nitrogen and oxygen atoms in total. The largest absolute Gasteiger partial charge is 0.507 e. The zero-order valence-electron chi connectivity index (χ0n) is 17.5. The number of phenols is 1. The number of benzene rings is 1. The number of hydrogen-bond acceptors (Lipinski definition) is 5. The van der Waals surface area contributed by atoms with Crippen molar-refractivity contribution in [3.8, 4) is 11.5 Å². The standard InChI is InChI=1S/C23H24N2O6/c1-3-5-18-19(8-7-17(15(2)26)22(18)30)31-14-16-6-4-11-25-20(27)9-12-24(23(16)25)13-10-21(28)29/h4,6-9,11-12H,3,5,10,13-14H2,1-2H3,(H-,26,28,29,30)/p+1. The number of carbonyl (C=O) groups excluding carboxylic acids is 1. The van der Waals surface area contributed by atoms with Gasteiger partial charge in [0.1, 0.15) is 24.7 Å². The minimum atomic E-state index is -0.934. The van der Waals surface area contributed by atoms with Gasteiger partial charge in [-0.1, -0.05) is 13.3 Å². The van der Waals surface area contributed by atoms with E-state index in [1.54, 1.807) is 35.2 Å². The van der Waals surface area contributed by atoms with E-state index >= 15 is 0 Å². The molecule has 3 aromatic rings. The molecule has 0 aliphatic rings. The lowest BCUT2D eigenvalue weighted by Gasteiger charge is -2.15. The highest BCUT2D eigenvalue weighted by molar-refractivity contribution is 5.97. The molecule has 0 unspecified atom stereocenters. The number of pyridine rings is 1. The molecular weight excluding hydrogens is 400 g/mol. The minimum Gasteiger partial charge on any atom is -0.507 e. The summed E-state index contributed by atoms with van der Waals surface area (Å²) in [7, 11) is 0. The van der Waals surface area contributed by atoms with Crippen molar-refractivity contribution >= 4 is 17.4 Å². The second-order valence-electron chi connectivity index (χ2n) is 7.25. The Morgan fingerprint density at radius 3 is 2.65 bits per heavy atom. The molecule has 0 radical (unpaired) electrons. The number of aliphatic carboxylic acids is 1. The van der Waals surface area contributed by atoms with Crippen molar-refractivity contribution in [2.75, 3.05) is 0 Å². The third-order valence-electron chi connectivity index (χ3n) is 5.02. The number of phenolic OH excluding ortho intramolecular Hbond substituents is 1. The lowest BCUT2D eigenvalue weighted by atomic mass is 10.0. The van der Waals surface area contributed by atoms with Gasteiger partial charge in [-0.15, -0.1) is 0 Å². The van der Waals surface area contributed by atoms with Crippen LogP contribution >= 0.6 is 0 Å². The fourth-order valence-electron chi connectivity index (χ4n) is 3.54. The highest BCUT2D eigenvalue weighted by Gasteiger charge is 2.19.